The highest BCUT2D eigenvalue weighted by atomic mass is 35.5. The van der Waals surface area contributed by atoms with Crippen LogP contribution in [0.25, 0.3) is 0 Å². The number of ether oxygens (including phenoxy) is 3. The van der Waals surface area contributed by atoms with Crippen LogP contribution in [0, 0.1) is 0 Å². The summed E-state index contributed by atoms with van der Waals surface area (Å²) in [6, 6.07) is 9.56. The monoisotopic (exact) mass is 292 g/mol. The van der Waals surface area contributed by atoms with Crippen molar-refractivity contribution in [3.05, 3.63) is 47.0 Å². The lowest BCUT2D eigenvalue weighted by Gasteiger charge is -2.07. The van der Waals surface area contributed by atoms with Crippen LogP contribution < -0.4 is 14.2 Å². The van der Waals surface area contributed by atoms with Crippen LogP contribution in [-0.4, -0.2) is 17.9 Å². The van der Waals surface area contributed by atoms with E-state index in [-0.39, 0.29) is 17.4 Å². The molecule has 0 saturated heterocycles. The van der Waals surface area contributed by atoms with Gasteiger partial charge < -0.3 is 19.3 Å². The fourth-order valence-electron chi connectivity index (χ4n) is 1.81. The molecule has 1 aliphatic heterocycles. The molecule has 0 bridgehead atoms. The minimum Gasteiger partial charge on any atom is -0.478 e. The molecule has 0 unspecified atom stereocenters. The third kappa shape index (κ3) is 2.35. The average Bonchev–Trinajstić information content (AvgIpc) is 2.85. The molecule has 0 saturated carbocycles. The average molecular weight is 293 g/mol. The summed E-state index contributed by atoms with van der Waals surface area (Å²) in [6.45, 7) is 0.192. The molecule has 0 atom stereocenters. The van der Waals surface area contributed by atoms with E-state index in [4.69, 9.17) is 30.9 Å². The van der Waals surface area contributed by atoms with Crippen LogP contribution in [-0.2, 0) is 0 Å². The van der Waals surface area contributed by atoms with Gasteiger partial charge in [0.25, 0.3) is 0 Å². The summed E-state index contributed by atoms with van der Waals surface area (Å²) in [4.78, 5) is 10.9. The third-order valence-corrected chi connectivity index (χ3v) is 3.06. The van der Waals surface area contributed by atoms with Crippen molar-refractivity contribution in [1.82, 2.24) is 0 Å². The number of halogens is 1. The van der Waals surface area contributed by atoms with Crippen molar-refractivity contribution < 1.29 is 24.1 Å². The van der Waals surface area contributed by atoms with Crippen molar-refractivity contribution in [3.63, 3.8) is 0 Å². The van der Waals surface area contributed by atoms with Crippen LogP contribution >= 0.6 is 11.6 Å². The number of hydrogen-bond acceptors (Lipinski definition) is 4. The summed E-state index contributed by atoms with van der Waals surface area (Å²) < 4.78 is 16.1. The molecule has 102 valence electrons. The molecule has 0 aliphatic carbocycles. The topological polar surface area (TPSA) is 65.0 Å². The van der Waals surface area contributed by atoms with E-state index in [2.05, 4.69) is 0 Å². The second-order valence-electron chi connectivity index (χ2n) is 4.06. The Morgan fingerprint density at radius 1 is 1.10 bits per heavy atom. The second kappa shape index (κ2) is 4.94. The first-order valence-corrected chi connectivity index (χ1v) is 6.11. The van der Waals surface area contributed by atoms with E-state index in [1.807, 2.05) is 0 Å². The van der Waals surface area contributed by atoms with Gasteiger partial charge in [-0.25, -0.2) is 4.79 Å². The van der Waals surface area contributed by atoms with E-state index in [1.54, 1.807) is 24.3 Å². The Balaban J connectivity index is 1.84. The van der Waals surface area contributed by atoms with Gasteiger partial charge in [0.2, 0.25) is 6.79 Å². The Morgan fingerprint density at radius 3 is 2.55 bits per heavy atom. The lowest BCUT2D eigenvalue weighted by Crippen LogP contribution is -1.97. The molecule has 0 radical (unpaired) electrons. The molecule has 0 spiro atoms. The van der Waals surface area contributed by atoms with E-state index in [0.29, 0.717) is 23.0 Å². The van der Waals surface area contributed by atoms with Crippen molar-refractivity contribution in [2.24, 2.45) is 0 Å². The summed E-state index contributed by atoms with van der Waals surface area (Å²) in [5.41, 5.74) is 0.0321. The van der Waals surface area contributed by atoms with Gasteiger partial charge in [-0.2, -0.15) is 0 Å². The standard InChI is InChI=1S/C14H9ClO5/c15-11-5-8(1-3-10(11)14(16)17)20-9-2-4-12-13(6-9)19-7-18-12/h1-6H,7H2,(H,16,17). The number of rotatable bonds is 3. The Morgan fingerprint density at radius 2 is 1.80 bits per heavy atom. The fourth-order valence-corrected chi connectivity index (χ4v) is 2.06. The van der Waals surface area contributed by atoms with E-state index in [0.717, 1.165) is 0 Å². The van der Waals surface area contributed by atoms with Gasteiger partial charge >= 0.3 is 5.97 Å². The van der Waals surface area contributed by atoms with Crippen LogP contribution in [0.15, 0.2) is 36.4 Å². The Hall–Kier alpha value is -2.40. The molecule has 0 amide bonds. The molecule has 5 nitrogen and oxygen atoms in total. The zero-order valence-electron chi connectivity index (χ0n) is 10.1. The summed E-state index contributed by atoms with van der Waals surface area (Å²) in [6.07, 6.45) is 0. The number of carboxylic acid groups (broad SMARTS) is 1. The lowest BCUT2D eigenvalue weighted by atomic mass is 10.2. The number of benzene rings is 2. The van der Waals surface area contributed by atoms with E-state index < -0.39 is 5.97 Å². The minimum atomic E-state index is -1.08. The lowest BCUT2D eigenvalue weighted by molar-refractivity contribution is 0.0697. The SMILES string of the molecule is O=C(O)c1ccc(Oc2ccc3c(c2)OCO3)cc1Cl. The highest BCUT2D eigenvalue weighted by Gasteiger charge is 2.14. The van der Waals surface area contributed by atoms with Crippen molar-refractivity contribution >= 4 is 17.6 Å². The molecule has 1 heterocycles. The normalized spacial score (nSPS) is 12.2. The van der Waals surface area contributed by atoms with Crippen LogP contribution in [0.2, 0.25) is 5.02 Å². The van der Waals surface area contributed by atoms with Crippen molar-refractivity contribution in [3.8, 4) is 23.0 Å². The van der Waals surface area contributed by atoms with Gasteiger partial charge in [-0.1, -0.05) is 11.6 Å². The molecule has 2 aromatic rings. The van der Waals surface area contributed by atoms with E-state index >= 15 is 0 Å². The minimum absolute atomic E-state index is 0.0321. The first-order chi connectivity index (χ1) is 9.63. The maximum Gasteiger partial charge on any atom is 0.337 e. The van der Waals surface area contributed by atoms with Crippen LogP contribution in [0.4, 0.5) is 0 Å². The molecule has 20 heavy (non-hydrogen) atoms. The smallest absolute Gasteiger partial charge is 0.337 e. The second-order valence-corrected chi connectivity index (χ2v) is 4.47. The summed E-state index contributed by atoms with van der Waals surface area (Å²) in [7, 11) is 0. The zero-order chi connectivity index (χ0) is 14.1. The summed E-state index contributed by atoms with van der Waals surface area (Å²) >= 11 is 5.88. The molecular weight excluding hydrogens is 284 g/mol. The van der Waals surface area contributed by atoms with Gasteiger partial charge in [0, 0.05) is 12.1 Å². The molecular formula is C14H9ClO5. The maximum atomic E-state index is 10.9. The number of fused-ring (bicyclic) bond motifs is 1. The largest absolute Gasteiger partial charge is 0.478 e. The first-order valence-electron chi connectivity index (χ1n) is 5.74. The van der Waals surface area contributed by atoms with Crippen LogP contribution in [0.1, 0.15) is 10.4 Å². The van der Waals surface area contributed by atoms with Crippen molar-refractivity contribution in [1.29, 1.82) is 0 Å². The molecule has 0 aromatic heterocycles. The number of hydrogen-bond donors (Lipinski definition) is 1. The van der Waals surface area contributed by atoms with Gasteiger partial charge in [-0.15, -0.1) is 0 Å². The van der Waals surface area contributed by atoms with Gasteiger partial charge in [-0.3, -0.25) is 0 Å². The quantitative estimate of drug-likeness (QED) is 0.937. The Labute approximate surface area is 119 Å². The molecule has 0 fully saturated rings. The van der Waals surface area contributed by atoms with E-state index in [9.17, 15) is 4.79 Å². The molecule has 1 N–H and O–H groups in total. The molecule has 3 rings (SSSR count). The van der Waals surface area contributed by atoms with Crippen molar-refractivity contribution in [2.45, 2.75) is 0 Å². The fraction of sp³-hybridized carbons (Fsp3) is 0.0714. The molecule has 6 heteroatoms. The van der Waals surface area contributed by atoms with E-state index in [1.165, 1.54) is 12.1 Å². The predicted molar refractivity (Wildman–Crippen MR) is 71.1 cm³/mol. The van der Waals surface area contributed by atoms with Gasteiger partial charge in [0.05, 0.1) is 10.6 Å². The highest BCUT2D eigenvalue weighted by molar-refractivity contribution is 6.33. The van der Waals surface area contributed by atoms with Gasteiger partial charge in [-0.05, 0) is 24.3 Å². The highest BCUT2D eigenvalue weighted by Crippen LogP contribution is 2.37. The van der Waals surface area contributed by atoms with Crippen LogP contribution in [0.3, 0.4) is 0 Å². The Kier molecular flexibility index (Phi) is 3.12. The van der Waals surface area contributed by atoms with Gasteiger partial charge in [0.1, 0.15) is 11.5 Å². The summed E-state index contributed by atoms with van der Waals surface area (Å²) in [5, 5.41) is 9.02. The predicted octanol–water partition coefficient (Wildman–Crippen LogP) is 3.56. The number of carboxylic acids is 1. The zero-order valence-corrected chi connectivity index (χ0v) is 10.9. The number of aromatic carboxylic acids is 1. The molecule has 1 aliphatic rings. The Bertz CT molecular complexity index is 683. The molecule has 2 aromatic carbocycles. The third-order valence-electron chi connectivity index (χ3n) is 2.75. The first kappa shape index (κ1) is 12.6. The van der Waals surface area contributed by atoms with Gasteiger partial charge in [0.15, 0.2) is 11.5 Å². The summed E-state index contributed by atoms with van der Waals surface area (Å²) in [5.74, 6) is 1.18. The number of carbonyl (C=O) groups is 1. The van der Waals surface area contributed by atoms with Crippen LogP contribution in [0.5, 0.6) is 23.0 Å². The van der Waals surface area contributed by atoms with Crippen molar-refractivity contribution in [2.75, 3.05) is 6.79 Å². The maximum absolute atomic E-state index is 10.9.